The average Bonchev–Trinajstić information content (AvgIpc) is 3.90. The number of hydrogen-bond donors (Lipinski definition) is 6. The van der Waals surface area contributed by atoms with E-state index in [9.17, 15) is 48.3 Å². The Kier molecular flexibility index (Phi) is 15.5. The van der Waals surface area contributed by atoms with Crippen molar-refractivity contribution >= 4 is 64.3 Å². The van der Waals surface area contributed by atoms with E-state index < -0.39 is 101 Å². The molecule has 0 saturated heterocycles. The van der Waals surface area contributed by atoms with Gasteiger partial charge in [0, 0.05) is 47.0 Å². The zero-order valence-electron chi connectivity index (χ0n) is 43.3. The maximum Gasteiger partial charge on any atom is 0.407 e. The Morgan fingerprint density at radius 1 is 0.947 bits per heavy atom. The van der Waals surface area contributed by atoms with Gasteiger partial charge in [-0.3, -0.25) is 33.7 Å². The van der Waals surface area contributed by atoms with Gasteiger partial charge >= 0.3 is 18.2 Å². The normalized spacial score (nSPS) is 18.1. The maximum atomic E-state index is 15.4. The summed E-state index contributed by atoms with van der Waals surface area (Å²) in [5.74, 6) is -5.15. The molecule has 7 amide bonds. The van der Waals surface area contributed by atoms with Crippen LogP contribution in [0, 0.1) is 18.7 Å². The van der Waals surface area contributed by atoms with Crippen molar-refractivity contribution in [3.8, 4) is 11.4 Å². The number of anilines is 1. The first-order valence-electron chi connectivity index (χ1n) is 25.2. The van der Waals surface area contributed by atoms with Crippen molar-refractivity contribution in [3.05, 3.63) is 104 Å². The quantitative estimate of drug-likeness (QED) is 0.0321. The Hall–Kier alpha value is -8.01. The van der Waals surface area contributed by atoms with Gasteiger partial charge in [-0.2, -0.15) is 0 Å². The molecule has 0 bridgehead atoms. The molecule has 402 valence electrons. The number of alkyl carbamates (subject to hydrolysis) is 2. The second-order valence-electron chi connectivity index (χ2n) is 20.7. The van der Waals surface area contributed by atoms with E-state index in [0.29, 0.717) is 75.9 Å². The number of unbranched alkanes of at least 4 members (excludes halogenated alkanes) is 1. The highest BCUT2D eigenvalue weighted by molar-refractivity contribution is 6.14. The summed E-state index contributed by atoms with van der Waals surface area (Å²) in [6, 6.07) is 6.42. The molecule has 4 atom stereocenters. The molecule has 0 fully saturated rings. The van der Waals surface area contributed by atoms with Gasteiger partial charge in [-0.25, -0.2) is 23.8 Å². The summed E-state index contributed by atoms with van der Waals surface area (Å²) < 4.78 is 33.1. The minimum atomic E-state index is -2.05. The van der Waals surface area contributed by atoms with Crippen molar-refractivity contribution in [2.24, 2.45) is 5.92 Å². The zero-order valence-corrected chi connectivity index (χ0v) is 43.3. The number of aliphatic hydroxyl groups is 1. The van der Waals surface area contributed by atoms with Gasteiger partial charge in [0.25, 0.3) is 17.4 Å². The number of esters is 1. The van der Waals surface area contributed by atoms with E-state index in [1.165, 1.54) is 10.6 Å². The van der Waals surface area contributed by atoms with Crippen LogP contribution in [0.4, 0.5) is 19.7 Å². The first kappa shape index (κ1) is 54.3. The molecule has 6 N–H and O–H groups in total. The first-order chi connectivity index (χ1) is 36.0. The molecule has 8 rings (SSSR count). The van der Waals surface area contributed by atoms with Gasteiger partial charge in [0.15, 0.2) is 5.60 Å². The second kappa shape index (κ2) is 21.7. The van der Waals surface area contributed by atoms with E-state index in [0.717, 1.165) is 22.6 Å². The number of cyclic esters (lactones) is 1. The van der Waals surface area contributed by atoms with Gasteiger partial charge < -0.3 is 50.5 Å². The Bertz CT molecular complexity index is 3150. The molecule has 0 spiro atoms. The summed E-state index contributed by atoms with van der Waals surface area (Å²) in [5, 5.41) is 25.8. The molecule has 22 heteroatoms. The Morgan fingerprint density at radius 2 is 1.66 bits per heavy atom. The van der Waals surface area contributed by atoms with Gasteiger partial charge in [0.2, 0.25) is 17.7 Å². The number of pyridine rings is 2. The zero-order chi connectivity index (χ0) is 55.0. The van der Waals surface area contributed by atoms with Crippen molar-refractivity contribution in [3.63, 3.8) is 0 Å². The molecule has 3 aliphatic heterocycles. The minimum Gasteiger partial charge on any atom is -0.458 e. The molecule has 21 nitrogen and oxygen atoms in total. The van der Waals surface area contributed by atoms with Crippen LogP contribution in [0.1, 0.15) is 119 Å². The number of nitrogens with zero attached hydrogens (tertiary/aromatic N) is 3. The monoisotopic (exact) mass is 1050 g/mol. The highest BCUT2D eigenvalue weighted by Crippen LogP contribution is 2.46. The van der Waals surface area contributed by atoms with Gasteiger partial charge in [-0.05, 0) is 113 Å². The Morgan fingerprint density at radius 3 is 2.33 bits per heavy atom. The fraction of sp³-hybridized carbons (Fsp3) is 0.444. The van der Waals surface area contributed by atoms with Gasteiger partial charge in [-0.15, -0.1) is 0 Å². The fourth-order valence-corrected chi connectivity index (χ4v) is 9.94. The number of rotatable bonds is 17. The summed E-state index contributed by atoms with van der Waals surface area (Å²) >= 11 is 0. The minimum absolute atomic E-state index is 0.0451. The SMILES string of the molecule is CC[C@@]1(O)C(=O)OCc2c1cc1n(c2=O)Cc2c-1nc1cc(F)c(C)c3c1c2[C@@H](NC(=O)OCc1ccc(NC(=O)[C@H](CCCCNC(=O)OC(C)(C)C)NC(=O)[C@@H](NC(=O)CN2C(=O)C=CC2=O)C(C)C)cc1)CC3. The van der Waals surface area contributed by atoms with E-state index in [-0.39, 0.29) is 50.3 Å². The Labute approximate surface area is 436 Å². The molecular weight excluding hydrogens is 988 g/mol. The van der Waals surface area contributed by atoms with Crippen molar-refractivity contribution in [2.45, 2.75) is 136 Å². The number of amides is 7. The lowest BCUT2D eigenvalue weighted by molar-refractivity contribution is -0.172. The largest absolute Gasteiger partial charge is 0.458 e. The van der Waals surface area contributed by atoms with Crippen LogP contribution in [0.5, 0.6) is 0 Å². The smallest absolute Gasteiger partial charge is 0.407 e. The standard InChI is InChI=1S/C54H61FN8O13/c1-8-54(73)34-21-39-46-32(23-62(39)49(69)33(34)26-74-50(54)70)44-36(17-16-31-28(4)35(55)22-38(58-46)43(31)44)60-52(72)75-25-29-12-14-30(15-13-29)57-47(67)37(11-9-10-20-56-51(71)76-53(5,6)7)59-48(68)45(27(2)3)61-40(64)24-63-41(65)18-19-42(63)66/h12-15,18-19,21-22,27,36-37,45,73H,8-11,16-17,20,23-26H2,1-7H3,(H,56,71)(H,57,67)(H,59,68)(H,60,72)(H,61,64)/t36-,37-,45-,54-/m0/s1. The number of carbonyl (C=O) groups excluding carboxylic acids is 8. The highest BCUT2D eigenvalue weighted by atomic mass is 19.1. The lowest BCUT2D eigenvalue weighted by Crippen LogP contribution is -2.56. The topological polar surface area (TPSA) is 283 Å². The van der Waals surface area contributed by atoms with Crippen LogP contribution in [0.2, 0.25) is 0 Å². The third-order valence-corrected chi connectivity index (χ3v) is 14.0. The van der Waals surface area contributed by atoms with Crippen LogP contribution in [0.25, 0.3) is 22.3 Å². The molecule has 2 aromatic heterocycles. The van der Waals surface area contributed by atoms with E-state index in [2.05, 4.69) is 26.6 Å². The van der Waals surface area contributed by atoms with Crippen molar-refractivity contribution in [1.82, 2.24) is 35.7 Å². The van der Waals surface area contributed by atoms with Crippen molar-refractivity contribution in [1.29, 1.82) is 0 Å². The van der Waals surface area contributed by atoms with Crippen molar-refractivity contribution < 1.29 is 62.1 Å². The molecule has 0 radical (unpaired) electrons. The summed E-state index contributed by atoms with van der Waals surface area (Å²) in [6.45, 7) is 11.0. The summed E-state index contributed by atoms with van der Waals surface area (Å²) in [7, 11) is 0. The summed E-state index contributed by atoms with van der Waals surface area (Å²) in [4.78, 5) is 123. The van der Waals surface area contributed by atoms with E-state index >= 15 is 4.39 Å². The lowest BCUT2D eigenvalue weighted by Gasteiger charge is -2.31. The molecule has 4 aliphatic rings. The predicted molar refractivity (Wildman–Crippen MR) is 271 cm³/mol. The number of halogens is 1. The van der Waals surface area contributed by atoms with Crippen LogP contribution in [0.15, 0.2) is 53.3 Å². The molecule has 76 heavy (non-hydrogen) atoms. The predicted octanol–water partition coefficient (Wildman–Crippen LogP) is 4.62. The average molecular weight is 1050 g/mol. The van der Waals surface area contributed by atoms with Crippen LogP contribution in [-0.2, 0) is 74.8 Å². The van der Waals surface area contributed by atoms with Crippen LogP contribution in [0.3, 0.4) is 0 Å². The third-order valence-electron chi connectivity index (χ3n) is 14.0. The molecular formula is C54H61FN8O13. The molecule has 2 aromatic carbocycles. The van der Waals surface area contributed by atoms with E-state index in [1.54, 1.807) is 78.8 Å². The summed E-state index contributed by atoms with van der Waals surface area (Å²) in [5.41, 5.74) is 1.44. The first-order valence-corrected chi connectivity index (χ1v) is 25.2. The van der Waals surface area contributed by atoms with Gasteiger partial charge in [0.05, 0.1) is 35.1 Å². The number of aromatic nitrogens is 2. The van der Waals surface area contributed by atoms with E-state index in [4.69, 9.17) is 19.2 Å². The van der Waals surface area contributed by atoms with Crippen molar-refractivity contribution in [2.75, 3.05) is 18.4 Å². The molecule has 5 heterocycles. The number of aryl methyl sites for hydroxylation is 1. The molecule has 0 saturated carbocycles. The van der Waals surface area contributed by atoms with Crippen LogP contribution < -0.4 is 32.1 Å². The van der Waals surface area contributed by atoms with Crippen LogP contribution in [-0.4, -0.2) is 98.0 Å². The lowest BCUT2D eigenvalue weighted by atomic mass is 9.81. The van der Waals surface area contributed by atoms with Crippen LogP contribution >= 0.6 is 0 Å². The molecule has 1 aliphatic carbocycles. The number of hydrogen-bond acceptors (Lipinski definition) is 14. The van der Waals surface area contributed by atoms with Gasteiger partial charge in [-0.1, -0.05) is 32.9 Å². The number of ether oxygens (including phenoxy) is 3. The second-order valence-corrected chi connectivity index (χ2v) is 20.7. The highest BCUT2D eigenvalue weighted by Gasteiger charge is 2.46. The number of imide groups is 1. The summed E-state index contributed by atoms with van der Waals surface area (Å²) in [6.07, 6.45) is 2.36. The molecule has 0 unspecified atom stereocenters. The number of fused-ring (bicyclic) bond motifs is 5. The van der Waals surface area contributed by atoms with E-state index in [1.807, 2.05) is 0 Å². The number of benzene rings is 2. The maximum absolute atomic E-state index is 15.4. The molecule has 4 aromatic rings. The third kappa shape index (κ3) is 11.2. The Balaban J connectivity index is 0.938. The van der Waals surface area contributed by atoms with Gasteiger partial charge in [0.1, 0.15) is 43.3 Å². The fourth-order valence-electron chi connectivity index (χ4n) is 9.94. The number of nitrogens with one attached hydrogen (secondary N) is 5. The number of carbonyl (C=O) groups is 8.